The van der Waals surface area contributed by atoms with Gasteiger partial charge in [-0.3, -0.25) is 4.79 Å². The first-order chi connectivity index (χ1) is 7.08. The minimum Gasteiger partial charge on any atom is -0.342 e. The predicted octanol–water partition coefficient (Wildman–Crippen LogP) is 1.24. The fraction of sp³-hybridized carbons (Fsp3) is 0.917. The molecule has 15 heavy (non-hydrogen) atoms. The molecule has 3 nitrogen and oxygen atoms in total. The molecule has 2 heterocycles. The minimum atomic E-state index is 0.243. The van der Waals surface area contributed by atoms with Gasteiger partial charge in [0.2, 0.25) is 5.91 Å². The highest BCUT2D eigenvalue weighted by molar-refractivity contribution is 5.79. The van der Waals surface area contributed by atoms with Crippen LogP contribution in [0.4, 0.5) is 0 Å². The van der Waals surface area contributed by atoms with Crippen LogP contribution in [0.2, 0.25) is 0 Å². The fourth-order valence-electron chi connectivity index (χ4n) is 2.62. The molecule has 1 amide bonds. The number of rotatable bonds is 1. The van der Waals surface area contributed by atoms with Gasteiger partial charge < -0.3 is 10.2 Å². The van der Waals surface area contributed by atoms with Crippen LogP contribution in [-0.4, -0.2) is 37.0 Å². The number of piperidine rings is 1. The van der Waals surface area contributed by atoms with Gasteiger partial charge in [0, 0.05) is 19.6 Å². The van der Waals surface area contributed by atoms with Gasteiger partial charge in [-0.05, 0) is 31.2 Å². The Balaban J connectivity index is 1.90. The van der Waals surface area contributed by atoms with Gasteiger partial charge in [-0.25, -0.2) is 0 Å². The molecule has 2 rings (SSSR count). The zero-order valence-electron chi connectivity index (χ0n) is 9.88. The molecule has 3 heteroatoms. The molecule has 0 spiro atoms. The number of hydrogen-bond acceptors (Lipinski definition) is 2. The summed E-state index contributed by atoms with van der Waals surface area (Å²) in [6.07, 6.45) is 3.37. The molecule has 0 aromatic rings. The first kappa shape index (κ1) is 10.9. The molecular formula is C12H22N2O. The fourth-order valence-corrected chi connectivity index (χ4v) is 2.62. The van der Waals surface area contributed by atoms with Crippen LogP contribution in [0.5, 0.6) is 0 Å². The number of likely N-dealkylation sites (tertiary alicyclic amines) is 1. The van der Waals surface area contributed by atoms with E-state index in [0.29, 0.717) is 11.3 Å². The predicted molar refractivity (Wildman–Crippen MR) is 60.6 cm³/mol. The van der Waals surface area contributed by atoms with Crippen molar-refractivity contribution in [2.24, 2.45) is 11.3 Å². The van der Waals surface area contributed by atoms with E-state index in [2.05, 4.69) is 24.1 Å². The molecule has 0 saturated carbocycles. The van der Waals surface area contributed by atoms with Gasteiger partial charge >= 0.3 is 0 Å². The van der Waals surface area contributed by atoms with Crippen molar-refractivity contribution in [1.82, 2.24) is 10.2 Å². The third kappa shape index (κ3) is 2.51. The van der Waals surface area contributed by atoms with E-state index in [1.54, 1.807) is 0 Å². The minimum absolute atomic E-state index is 0.243. The van der Waals surface area contributed by atoms with E-state index < -0.39 is 0 Å². The maximum absolute atomic E-state index is 12.2. The van der Waals surface area contributed by atoms with Crippen LogP contribution in [-0.2, 0) is 4.79 Å². The lowest BCUT2D eigenvalue weighted by atomic mass is 9.93. The molecule has 0 radical (unpaired) electrons. The van der Waals surface area contributed by atoms with Crippen molar-refractivity contribution in [2.45, 2.75) is 33.1 Å². The number of amides is 1. The molecule has 0 aromatic heterocycles. The molecule has 0 unspecified atom stereocenters. The van der Waals surface area contributed by atoms with Crippen molar-refractivity contribution in [3.8, 4) is 0 Å². The second kappa shape index (κ2) is 4.12. The van der Waals surface area contributed by atoms with Crippen molar-refractivity contribution < 1.29 is 4.79 Å². The Morgan fingerprint density at radius 2 is 2.27 bits per heavy atom. The van der Waals surface area contributed by atoms with Crippen molar-refractivity contribution in [3.05, 3.63) is 0 Å². The van der Waals surface area contributed by atoms with Crippen molar-refractivity contribution in [3.63, 3.8) is 0 Å². The Bertz CT molecular complexity index is 244. The van der Waals surface area contributed by atoms with Gasteiger partial charge in [0.05, 0.1) is 5.92 Å². The monoisotopic (exact) mass is 210 g/mol. The molecule has 1 atom stereocenters. The average Bonchev–Trinajstić information content (AvgIpc) is 2.59. The zero-order valence-corrected chi connectivity index (χ0v) is 9.88. The lowest BCUT2D eigenvalue weighted by molar-refractivity contribution is -0.135. The second-order valence-electron chi connectivity index (χ2n) is 5.72. The number of nitrogens with one attached hydrogen (secondary N) is 1. The first-order valence-corrected chi connectivity index (χ1v) is 6.08. The summed E-state index contributed by atoms with van der Waals surface area (Å²) in [5.41, 5.74) is 0.331. The molecule has 2 aliphatic heterocycles. The summed E-state index contributed by atoms with van der Waals surface area (Å²) >= 11 is 0. The first-order valence-electron chi connectivity index (χ1n) is 6.08. The van der Waals surface area contributed by atoms with Crippen LogP contribution in [0.15, 0.2) is 0 Å². The van der Waals surface area contributed by atoms with E-state index in [4.69, 9.17) is 0 Å². The summed E-state index contributed by atoms with van der Waals surface area (Å²) < 4.78 is 0. The standard InChI is InChI=1S/C12H22N2O/c1-12(2)5-7-14(9-12)11(15)10-4-3-6-13-8-10/h10,13H,3-9H2,1-2H3/t10-/m0/s1. The summed E-state index contributed by atoms with van der Waals surface area (Å²) in [7, 11) is 0. The third-order valence-electron chi connectivity index (χ3n) is 3.64. The van der Waals surface area contributed by atoms with Gasteiger partial charge in [0.15, 0.2) is 0 Å². The molecule has 2 saturated heterocycles. The summed E-state index contributed by atoms with van der Waals surface area (Å²) in [4.78, 5) is 14.2. The van der Waals surface area contributed by atoms with Gasteiger partial charge in [0.25, 0.3) is 0 Å². The van der Waals surface area contributed by atoms with E-state index in [1.807, 2.05) is 0 Å². The molecule has 0 bridgehead atoms. The van der Waals surface area contributed by atoms with Gasteiger partial charge in [-0.15, -0.1) is 0 Å². The van der Waals surface area contributed by atoms with Crippen LogP contribution in [0.3, 0.4) is 0 Å². The number of hydrogen-bond donors (Lipinski definition) is 1. The third-order valence-corrected chi connectivity index (χ3v) is 3.64. The number of carbonyl (C=O) groups excluding carboxylic acids is 1. The summed E-state index contributed by atoms with van der Waals surface area (Å²) in [6, 6.07) is 0. The molecule has 0 aromatic carbocycles. The highest BCUT2D eigenvalue weighted by Crippen LogP contribution is 2.30. The van der Waals surface area contributed by atoms with E-state index in [-0.39, 0.29) is 5.92 Å². The van der Waals surface area contributed by atoms with Crippen LogP contribution >= 0.6 is 0 Å². The molecule has 86 valence electrons. The van der Waals surface area contributed by atoms with Gasteiger partial charge in [-0.1, -0.05) is 13.8 Å². The van der Waals surface area contributed by atoms with E-state index in [0.717, 1.165) is 45.4 Å². The topological polar surface area (TPSA) is 32.3 Å². The Kier molecular flexibility index (Phi) is 3.01. The van der Waals surface area contributed by atoms with E-state index in [9.17, 15) is 4.79 Å². The Hall–Kier alpha value is -0.570. The summed E-state index contributed by atoms with van der Waals surface area (Å²) in [6.45, 7) is 8.37. The average molecular weight is 210 g/mol. The normalized spacial score (nSPS) is 30.5. The molecule has 2 aliphatic rings. The van der Waals surface area contributed by atoms with Crippen LogP contribution in [0, 0.1) is 11.3 Å². The largest absolute Gasteiger partial charge is 0.342 e. The van der Waals surface area contributed by atoms with E-state index >= 15 is 0 Å². The van der Waals surface area contributed by atoms with Gasteiger partial charge in [-0.2, -0.15) is 0 Å². The Morgan fingerprint density at radius 1 is 1.47 bits per heavy atom. The smallest absolute Gasteiger partial charge is 0.226 e. The second-order valence-corrected chi connectivity index (χ2v) is 5.72. The highest BCUT2D eigenvalue weighted by atomic mass is 16.2. The maximum atomic E-state index is 12.2. The van der Waals surface area contributed by atoms with E-state index in [1.165, 1.54) is 0 Å². The molecular weight excluding hydrogens is 188 g/mol. The Labute approximate surface area is 92.2 Å². The number of carbonyl (C=O) groups is 1. The quantitative estimate of drug-likeness (QED) is 0.706. The van der Waals surface area contributed by atoms with Crippen LogP contribution in [0.25, 0.3) is 0 Å². The van der Waals surface area contributed by atoms with Crippen molar-refractivity contribution in [1.29, 1.82) is 0 Å². The molecule has 1 N–H and O–H groups in total. The van der Waals surface area contributed by atoms with Crippen LogP contribution < -0.4 is 5.32 Å². The molecule has 2 fully saturated rings. The van der Waals surface area contributed by atoms with Crippen LogP contribution in [0.1, 0.15) is 33.1 Å². The number of nitrogens with zero attached hydrogens (tertiary/aromatic N) is 1. The zero-order chi connectivity index (χ0) is 10.9. The van der Waals surface area contributed by atoms with Crippen molar-refractivity contribution >= 4 is 5.91 Å². The highest BCUT2D eigenvalue weighted by Gasteiger charge is 2.35. The maximum Gasteiger partial charge on any atom is 0.226 e. The Morgan fingerprint density at radius 3 is 2.80 bits per heavy atom. The summed E-state index contributed by atoms with van der Waals surface area (Å²) in [5, 5.41) is 3.31. The summed E-state index contributed by atoms with van der Waals surface area (Å²) in [5.74, 6) is 0.625. The molecule has 0 aliphatic carbocycles. The lowest BCUT2D eigenvalue weighted by Gasteiger charge is -2.27. The van der Waals surface area contributed by atoms with Gasteiger partial charge in [0.1, 0.15) is 0 Å². The lowest BCUT2D eigenvalue weighted by Crippen LogP contribution is -2.42. The SMILES string of the molecule is CC1(C)CCN(C(=O)[C@H]2CCCNC2)C1. The van der Waals surface area contributed by atoms with Crippen molar-refractivity contribution in [2.75, 3.05) is 26.2 Å².